The van der Waals surface area contributed by atoms with E-state index in [1.807, 2.05) is 13.8 Å². The highest BCUT2D eigenvalue weighted by Gasteiger charge is 2.10. The summed E-state index contributed by atoms with van der Waals surface area (Å²) in [6, 6.07) is 6.81. The lowest BCUT2D eigenvalue weighted by atomic mass is 10.1. The lowest BCUT2D eigenvalue weighted by molar-refractivity contribution is 0.0949. The Bertz CT molecular complexity index is 456. The Morgan fingerprint density at radius 3 is 2.25 bits per heavy atom. The first-order valence-corrected chi connectivity index (χ1v) is 7.21. The predicted molar refractivity (Wildman–Crippen MR) is 80.9 cm³/mol. The van der Waals surface area contributed by atoms with Crippen LogP contribution in [0, 0.1) is 5.92 Å². The molecule has 4 heteroatoms. The van der Waals surface area contributed by atoms with E-state index in [0.717, 1.165) is 12.8 Å². The Morgan fingerprint density at radius 2 is 1.70 bits per heavy atom. The third kappa shape index (κ3) is 5.43. The fourth-order valence-corrected chi connectivity index (χ4v) is 1.68. The highest BCUT2D eigenvalue weighted by Crippen LogP contribution is 2.06. The van der Waals surface area contributed by atoms with Crippen molar-refractivity contribution in [2.45, 2.75) is 33.6 Å². The molecule has 0 unspecified atom stereocenters. The van der Waals surface area contributed by atoms with Crippen molar-refractivity contribution in [3.05, 3.63) is 35.4 Å². The van der Waals surface area contributed by atoms with Crippen molar-refractivity contribution in [2.24, 2.45) is 5.92 Å². The van der Waals surface area contributed by atoms with E-state index >= 15 is 0 Å². The van der Waals surface area contributed by atoms with Crippen LogP contribution in [0.3, 0.4) is 0 Å². The Kier molecular flexibility index (Phi) is 6.77. The molecule has 2 amide bonds. The molecule has 0 spiro atoms. The molecule has 0 atom stereocenters. The van der Waals surface area contributed by atoms with Crippen LogP contribution < -0.4 is 10.6 Å². The van der Waals surface area contributed by atoms with Gasteiger partial charge in [-0.1, -0.05) is 33.3 Å². The summed E-state index contributed by atoms with van der Waals surface area (Å²) in [4.78, 5) is 23.9. The molecule has 20 heavy (non-hydrogen) atoms. The molecule has 0 aliphatic rings. The van der Waals surface area contributed by atoms with Gasteiger partial charge >= 0.3 is 0 Å². The van der Waals surface area contributed by atoms with Crippen molar-refractivity contribution in [3.63, 3.8) is 0 Å². The summed E-state index contributed by atoms with van der Waals surface area (Å²) in [5.41, 5.74) is 1.05. The van der Waals surface area contributed by atoms with Gasteiger partial charge in [0.1, 0.15) is 0 Å². The van der Waals surface area contributed by atoms with E-state index in [-0.39, 0.29) is 11.8 Å². The van der Waals surface area contributed by atoms with Crippen LogP contribution in [0.1, 0.15) is 54.3 Å². The minimum atomic E-state index is -0.137. The molecule has 0 saturated heterocycles. The topological polar surface area (TPSA) is 58.2 Å². The molecule has 0 heterocycles. The van der Waals surface area contributed by atoms with E-state index < -0.39 is 0 Å². The molecular formula is C16H24N2O2. The SMILES string of the molecule is CCCCNC(=O)c1cccc(C(=O)NCC(C)C)c1. The van der Waals surface area contributed by atoms with Crippen molar-refractivity contribution in [2.75, 3.05) is 13.1 Å². The number of rotatable bonds is 7. The van der Waals surface area contributed by atoms with Crippen LogP contribution in [0.25, 0.3) is 0 Å². The van der Waals surface area contributed by atoms with Crippen molar-refractivity contribution >= 4 is 11.8 Å². The minimum absolute atomic E-state index is 0.128. The van der Waals surface area contributed by atoms with Gasteiger partial charge in [-0.25, -0.2) is 0 Å². The van der Waals surface area contributed by atoms with Crippen LogP contribution in [0.4, 0.5) is 0 Å². The summed E-state index contributed by atoms with van der Waals surface area (Å²) >= 11 is 0. The predicted octanol–water partition coefficient (Wildman–Crippen LogP) is 2.60. The fraction of sp³-hybridized carbons (Fsp3) is 0.500. The number of carbonyl (C=O) groups excluding carboxylic acids is 2. The maximum absolute atomic E-state index is 11.9. The summed E-state index contributed by atoms with van der Waals surface area (Å²) in [7, 11) is 0. The Labute approximate surface area is 121 Å². The summed E-state index contributed by atoms with van der Waals surface area (Å²) in [6.45, 7) is 7.45. The number of amides is 2. The maximum atomic E-state index is 11.9. The first-order valence-electron chi connectivity index (χ1n) is 7.21. The molecule has 2 N–H and O–H groups in total. The van der Waals surface area contributed by atoms with E-state index in [0.29, 0.717) is 30.1 Å². The van der Waals surface area contributed by atoms with Crippen LogP contribution in [-0.4, -0.2) is 24.9 Å². The standard InChI is InChI=1S/C16H24N2O2/c1-4-5-9-17-15(19)13-7-6-8-14(10-13)16(20)18-11-12(2)3/h6-8,10,12H,4-5,9,11H2,1-3H3,(H,17,19)(H,18,20). The summed E-state index contributed by atoms with van der Waals surface area (Å²) < 4.78 is 0. The Hall–Kier alpha value is -1.84. The molecule has 0 bridgehead atoms. The van der Waals surface area contributed by atoms with E-state index in [2.05, 4.69) is 17.6 Å². The zero-order chi connectivity index (χ0) is 15.0. The number of hydrogen-bond acceptors (Lipinski definition) is 2. The van der Waals surface area contributed by atoms with Crippen molar-refractivity contribution in [1.29, 1.82) is 0 Å². The number of benzene rings is 1. The van der Waals surface area contributed by atoms with Gasteiger partial charge < -0.3 is 10.6 Å². The van der Waals surface area contributed by atoms with Crippen LogP contribution >= 0.6 is 0 Å². The van der Waals surface area contributed by atoms with Gasteiger partial charge in [-0.3, -0.25) is 9.59 Å². The third-order valence-corrected chi connectivity index (χ3v) is 2.87. The highest BCUT2D eigenvalue weighted by atomic mass is 16.2. The molecule has 0 aromatic heterocycles. The van der Waals surface area contributed by atoms with E-state index in [1.165, 1.54) is 0 Å². The van der Waals surface area contributed by atoms with E-state index in [1.54, 1.807) is 24.3 Å². The van der Waals surface area contributed by atoms with Gasteiger partial charge in [0.2, 0.25) is 0 Å². The first kappa shape index (κ1) is 16.2. The van der Waals surface area contributed by atoms with Gasteiger partial charge in [0.15, 0.2) is 0 Å². The minimum Gasteiger partial charge on any atom is -0.352 e. The van der Waals surface area contributed by atoms with Crippen LogP contribution in [0.2, 0.25) is 0 Å². The van der Waals surface area contributed by atoms with Gasteiger partial charge in [-0.05, 0) is 30.5 Å². The van der Waals surface area contributed by atoms with Crippen LogP contribution in [0.15, 0.2) is 24.3 Å². The number of hydrogen-bond donors (Lipinski definition) is 2. The van der Waals surface area contributed by atoms with Gasteiger partial charge in [-0.2, -0.15) is 0 Å². The van der Waals surface area contributed by atoms with Crippen LogP contribution in [-0.2, 0) is 0 Å². The number of unbranched alkanes of at least 4 members (excludes halogenated alkanes) is 1. The largest absolute Gasteiger partial charge is 0.352 e. The molecule has 1 aromatic carbocycles. The molecule has 1 aromatic rings. The Balaban J connectivity index is 2.65. The van der Waals surface area contributed by atoms with Crippen molar-refractivity contribution < 1.29 is 9.59 Å². The number of carbonyl (C=O) groups is 2. The average molecular weight is 276 g/mol. The average Bonchev–Trinajstić information content (AvgIpc) is 2.45. The summed E-state index contributed by atoms with van der Waals surface area (Å²) in [5, 5.41) is 5.69. The molecule has 0 aliphatic heterocycles. The van der Waals surface area contributed by atoms with E-state index in [4.69, 9.17) is 0 Å². The second-order valence-electron chi connectivity index (χ2n) is 5.29. The summed E-state index contributed by atoms with van der Waals surface area (Å²) in [5.74, 6) is 0.137. The van der Waals surface area contributed by atoms with Crippen molar-refractivity contribution in [1.82, 2.24) is 10.6 Å². The van der Waals surface area contributed by atoms with Gasteiger partial charge in [0.05, 0.1) is 0 Å². The molecule has 0 fully saturated rings. The van der Waals surface area contributed by atoms with E-state index in [9.17, 15) is 9.59 Å². The lowest BCUT2D eigenvalue weighted by Crippen LogP contribution is -2.28. The molecule has 0 aliphatic carbocycles. The van der Waals surface area contributed by atoms with Gasteiger partial charge in [0, 0.05) is 24.2 Å². The zero-order valence-corrected chi connectivity index (χ0v) is 12.5. The second kappa shape index (κ2) is 8.35. The molecular weight excluding hydrogens is 252 g/mol. The van der Waals surface area contributed by atoms with Crippen LogP contribution in [0.5, 0.6) is 0 Å². The van der Waals surface area contributed by atoms with Gasteiger partial charge in [0.25, 0.3) is 11.8 Å². The summed E-state index contributed by atoms with van der Waals surface area (Å²) in [6.07, 6.45) is 2.00. The Morgan fingerprint density at radius 1 is 1.10 bits per heavy atom. The molecule has 1 rings (SSSR count). The third-order valence-electron chi connectivity index (χ3n) is 2.87. The number of nitrogens with one attached hydrogen (secondary N) is 2. The molecule has 110 valence electrons. The normalized spacial score (nSPS) is 10.4. The van der Waals surface area contributed by atoms with Gasteiger partial charge in [-0.15, -0.1) is 0 Å². The molecule has 0 radical (unpaired) electrons. The van der Waals surface area contributed by atoms with Crippen molar-refractivity contribution in [3.8, 4) is 0 Å². The second-order valence-corrected chi connectivity index (χ2v) is 5.29. The smallest absolute Gasteiger partial charge is 0.251 e. The zero-order valence-electron chi connectivity index (χ0n) is 12.5. The lowest BCUT2D eigenvalue weighted by Gasteiger charge is -2.09. The molecule has 0 saturated carbocycles. The fourth-order valence-electron chi connectivity index (χ4n) is 1.68. The quantitative estimate of drug-likeness (QED) is 0.752. The highest BCUT2D eigenvalue weighted by molar-refractivity contribution is 5.99. The first-order chi connectivity index (χ1) is 9.54. The maximum Gasteiger partial charge on any atom is 0.251 e. The monoisotopic (exact) mass is 276 g/mol. The molecule has 4 nitrogen and oxygen atoms in total.